The Morgan fingerprint density at radius 3 is 2.73 bits per heavy atom. The van der Waals surface area contributed by atoms with E-state index in [9.17, 15) is 9.90 Å². The zero-order chi connectivity index (χ0) is 11.3. The van der Waals surface area contributed by atoms with Gasteiger partial charge < -0.3 is 14.6 Å². The van der Waals surface area contributed by atoms with E-state index in [1.807, 2.05) is 0 Å². The van der Waals surface area contributed by atoms with E-state index in [0.29, 0.717) is 31.2 Å². The summed E-state index contributed by atoms with van der Waals surface area (Å²) in [7, 11) is 0. The van der Waals surface area contributed by atoms with E-state index >= 15 is 0 Å². The van der Waals surface area contributed by atoms with Crippen LogP contribution in [0, 0.1) is 11.8 Å². The lowest BCUT2D eigenvalue weighted by Crippen LogP contribution is -2.23. The average Bonchev–Trinajstić information content (AvgIpc) is 3.01. The van der Waals surface area contributed by atoms with Gasteiger partial charge in [0.25, 0.3) is 6.47 Å². The van der Waals surface area contributed by atoms with Gasteiger partial charge in [-0.2, -0.15) is 0 Å². The van der Waals surface area contributed by atoms with Gasteiger partial charge in [0.05, 0.1) is 13.2 Å². The number of aliphatic hydroxyl groups is 1. The largest absolute Gasteiger partial charge is 0.468 e. The van der Waals surface area contributed by atoms with Crippen molar-refractivity contribution in [3.05, 3.63) is 12.2 Å². The fraction of sp³-hybridized carbons (Fsp3) is 0.727. The standard InChI is InChI=1S/C11H18O4/c1-8(2)11(13)15-6-10(5-14-7-12)9-3-4-9/h7,9-11,13H,1,3-6H2,2H3. The highest BCUT2D eigenvalue weighted by molar-refractivity contribution is 5.36. The first-order valence-corrected chi connectivity index (χ1v) is 5.15. The van der Waals surface area contributed by atoms with Crippen LogP contribution >= 0.6 is 0 Å². The molecule has 1 saturated carbocycles. The van der Waals surface area contributed by atoms with Crippen molar-refractivity contribution in [3.63, 3.8) is 0 Å². The minimum atomic E-state index is -0.914. The normalized spacial score (nSPS) is 19.3. The van der Waals surface area contributed by atoms with E-state index in [1.165, 1.54) is 0 Å². The summed E-state index contributed by atoms with van der Waals surface area (Å²) in [6.45, 7) is 6.53. The van der Waals surface area contributed by atoms with Gasteiger partial charge >= 0.3 is 0 Å². The van der Waals surface area contributed by atoms with Crippen LogP contribution in [0.3, 0.4) is 0 Å². The molecule has 2 unspecified atom stereocenters. The second-order valence-electron chi connectivity index (χ2n) is 4.06. The molecule has 0 saturated heterocycles. The van der Waals surface area contributed by atoms with Crippen molar-refractivity contribution in [3.8, 4) is 0 Å². The van der Waals surface area contributed by atoms with Crippen LogP contribution in [0.2, 0.25) is 0 Å². The van der Waals surface area contributed by atoms with Gasteiger partial charge in [0.2, 0.25) is 0 Å². The van der Waals surface area contributed by atoms with Gasteiger partial charge in [-0.3, -0.25) is 4.79 Å². The zero-order valence-electron chi connectivity index (χ0n) is 9.02. The van der Waals surface area contributed by atoms with E-state index in [0.717, 1.165) is 12.8 Å². The summed E-state index contributed by atoms with van der Waals surface area (Å²) in [6, 6.07) is 0. The Morgan fingerprint density at radius 1 is 1.60 bits per heavy atom. The number of carbonyl (C=O) groups excluding carboxylic acids is 1. The molecule has 0 aliphatic heterocycles. The maximum atomic E-state index is 10.1. The number of hydrogen-bond donors (Lipinski definition) is 1. The molecule has 0 aromatic rings. The monoisotopic (exact) mass is 214 g/mol. The van der Waals surface area contributed by atoms with Gasteiger partial charge in [0.15, 0.2) is 6.29 Å². The van der Waals surface area contributed by atoms with E-state index < -0.39 is 6.29 Å². The van der Waals surface area contributed by atoms with Crippen LogP contribution < -0.4 is 0 Å². The van der Waals surface area contributed by atoms with Crippen LogP contribution in [0.5, 0.6) is 0 Å². The Balaban J connectivity index is 2.24. The topological polar surface area (TPSA) is 55.8 Å². The van der Waals surface area contributed by atoms with Crippen LogP contribution in [0.4, 0.5) is 0 Å². The molecule has 2 atom stereocenters. The Labute approximate surface area is 89.9 Å². The molecule has 15 heavy (non-hydrogen) atoms. The maximum Gasteiger partial charge on any atom is 0.293 e. The Bertz CT molecular complexity index is 223. The van der Waals surface area contributed by atoms with Crippen LogP contribution in [0.15, 0.2) is 12.2 Å². The first-order valence-electron chi connectivity index (χ1n) is 5.15. The summed E-state index contributed by atoms with van der Waals surface area (Å²) in [5.41, 5.74) is 0.584. The second kappa shape index (κ2) is 5.88. The van der Waals surface area contributed by atoms with Gasteiger partial charge in [0.1, 0.15) is 0 Å². The fourth-order valence-electron chi connectivity index (χ4n) is 1.41. The number of rotatable bonds is 8. The Hall–Kier alpha value is -0.870. The molecule has 1 rings (SSSR count). The van der Waals surface area contributed by atoms with E-state index in [-0.39, 0.29) is 5.92 Å². The van der Waals surface area contributed by atoms with Crippen LogP contribution in [0.25, 0.3) is 0 Å². The highest BCUT2D eigenvalue weighted by Crippen LogP contribution is 2.37. The molecule has 0 heterocycles. The van der Waals surface area contributed by atoms with Crippen LogP contribution in [-0.4, -0.2) is 31.1 Å². The van der Waals surface area contributed by atoms with E-state index in [1.54, 1.807) is 6.92 Å². The molecule has 0 bridgehead atoms. The van der Waals surface area contributed by atoms with Crippen molar-refractivity contribution < 1.29 is 19.4 Å². The summed E-state index contributed by atoms with van der Waals surface area (Å²) in [5, 5.41) is 9.37. The summed E-state index contributed by atoms with van der Waals surface area (Å²) in [5.74, 6) is 0.770. The third-order valence-electron chi connectivity index (χ3n) is 2.56. The lowest BCUT2D eigenvalue weighted by Gasteiger charge is -2.18. The summed E-state index contributed by atoms with van der Waals surface area (Å²) in [6.07, 6.45) is 1.39. The predicted molar refractivity (Wildman–Crippen MR) is 55.0 cm³/mol. The summed E-state index contributed by atoms with van der Waals surface area (Å²) < 4.78 is 9.95. The Morgan fingerprint density at radius 2 is 2.27 bits per heavy atom. The van der Waals surface area contributed by atoms with Gasteiger partial charge in [-0.15, -0.1) is 0 Å². The van der Waals surface area contributed by atoms with Gasteiger partial charge in [-0.05, 0) is 31.3 Å². The number of aliphatic hydroxyl groups excluding tert-OH is 1. The van der Waals surface area contributed by atoms with Crippen LogP contribution in [-0.2, 0) is 14.3 Å². The van der Waals surface area contributed by atoms with Gasteiger partial charge in [-0.25, -0.2) is 0 Å². The molecule has 1 aliphatic carbocycles. The van der Waals surface area contributed by atoms with Crippen LogP contribution in [0.1, 0.15) is 19.8 Å². The zero-order valence-corrected chi connectivity index (χ0v) is 9.02. The van der Waals surface area contributed by atoms with Crippen molar-refractivity contribution >= 4 is 6.47 Å². The third-order valence-corrected chi connectivity index (χ3v) is 2.56. The van der Waals surface area contributed by atoms with Gasteiger partial charge in [-0.1, -0.05) is 6.58 Å². The van der Waals surface area contributed by atoms with Gasteiger partial charge in [0, 0.05) is 5.92 Å². The van der Waals surface area contributed by atoms with E-state index in [4.69, 9.17) is 9.47 Å². The maximum absolute atomic E-state index is 10.1. The molecule has 1 aliphatic rings. The predicted octanol–water partition coefficient (Wildman–Crippen LogP) is 1.10. The number of ether oxygens (including phenoxy) is 2. The molecule has 0 amide bonds. The molecule has 4 nitrogen and oxygen atoms in total. The smallest absolute Gasteiger partial charge is 0.293 e. The second-order valence-corrected chi connectivity index (χ2v) is 4.06. The van der Waals surface area contributed by atoms with Crippen molar-refractivity contribution in [2.75, 3.05) is 13.2 Å². The third kappa shape index (κ3) is 4.44. The lowest BCUT2D eigenvalue weighted by atomic mass is 10.1. The summed E-state index contributed by atoms with van der Waals surface area (Å²) in [4.78, 5) is 10.1. The highest BCUT2D eigenvalue weighted by Gasteiger charge is 2.32. The molecule has 0 aromatic heterocycles. The number of hydrogen-bond acceptors (Lipinski definition) is 4. The van der Waals surface area contributed by atoms with Crippen molar-refractivity contribution in [1.82, 2.24) is 0 Å². The molecule has 0 aromatic carbocycles. The Kier molecular flexibility index (Phi) is 4.78. The molecular weight excluding hydrogens is 196 g/mol. The molecule has 0 radical (unpaired) electrons. The van der Waals surface area contributed by atoms with Crippen molar-refractivity contribution in [1.29, 1.82) is 0 Å². The van der Waals surface area contributed by atoms with Crippen molar-refractivity contribution in [2.45, 2.75) is 26.1 Å². The average molecular weight is 214 g/mol. The lowest BCUT2D eigenvalue weighted by molar-refractivity contribution is -0.133. The molecule has 0 spiro atoms. The quantitative estimate of drug-likeness (QED) is 0.373. The number of carbonyl (C=O) groups is 1. The summed E-state index contributed by atoms with van der Waals surface area (Å²) >= 11 is 0. The molecule has 4 heteroatoms. The minimum absolute atomic E-state index is 0.198. The molecule has 86 valence electrons. The SMILES string of the molecule is C=C(C)C(O)OCC(COC=O)C1CC1. The molecule has 1 fully saturated rings. The van der Waals surface area contributed by atoms with Crippen molar-refractivity contribution in [2.24, 2.45) is 11.8 Å². The first-order chi connectivity index (χ1) is 7.15. The fourth-order valence-corrected chi connectivity index (χ4v) is 1.41. The molecule has 1 N–H and O–H groups in total. The minimum Gasteiger partial charge on any atom is -0.468 e. The molecular formula is C11H18O4. The highest BCUT2D eigenvalue weighted by atomic mass is 16.6. The van der Waals surface area contributed by atoms with E-state index in [2.05, 4.69) is 6.58 Å². The first kappa shape index (κ1) is 12.2.